The highest BCUT2D eigenvalue weighted by molar-refractivity contribution is 7.90. The average Bonchev–Trinajstić information content (AvgIpc) is 3.02. The Morgan fingerprint density at radius 1 is 0.844 bits per heavy atom. The number of benzene rings is 5. The van der Waals surface area contributed by atoms with Crippen molar-refractivity contribution in [3.05, 3.63) is 137 Å². The molecule has 228 valence electrons. The smallest absolute Gasteiger partial charge is 0.326 e. The second-order valence-corrected chi connectivity index (χ2v) is 12.7. The van der Waals surface area contributed by atoms with Crippen LogP contribution in [0.1, 0.15) is 15.9 Å². The standard InChI is InChI=1S/C35H29ClN2O6S/c1-45(42,43)28-18-16-26(17-19-28)37-31-20-15-25(36)22-30(31)34(39)38-32(35(40)41)21-23-11-13-24(14-12-23)29-9-5-6-10-33(29)44-27-7-3-2-4-8-27/h2-20,22,32,37H,21H2,1H3,(H,38,39)(H,40,41)/t32-/m0/s1. The predicted octanol–water partition coefficient (Wildman–Crippen LogP) is 7.37. The number of halogens is 1. The fourth-order valence-corrected chi connectivity index (χ4v) is 5.46. The van der Waals surface area contributed by atoms with Gasteiger partial charge in [-0.25, -0.2) is 13.2 Å². The lowest BCUT2D eigenvalue weighted by Gasteiger charge is -2.18. The molecule has 5 aromatic carbocycles. The van der Waals surface area contributed by atoms with E-state index >= 15 is 0 Å². The number of amides is 1. The number of rotatable bonds is 11. The lowest BCUT2D eigenvalue weighted by atomic mass is 9.99. The Kier molecular flexibility index (Phi) is 9.51. The van der Waals surface area contributed by atoms with E-state index in [1.807, 2.05) is 78.9 Å². The Morgan fingerprint density at radius 3 is 2.18 bits per heavy atom. The van der Waals surface area contributed by atoms with Crippen LogP contribution >= 0.6 is 11.6 Å². The van der Waals surface area contributed by atoms with Gasteiger partial charge in [-0.1, -0.05) is 72.3 Å². The number of hydrogen-bond donors (Lipinski definition) is 3. The number of carbonyl (C=O) groups is 2. The summed E-state index contributed by atoms with van der Waals surface area (Å²) in [4.78, 5) is 25.7. The van der Waals surface area contributed by atoms with Crippen LogP contribution in [0.25, 0.3) is 11.1 Å². The van der Waals surface area contributed by atoms with Crippen molar-refractivity contribution in [1.29, 1.82) is 0 Å². The second kappa shape index (κ2) is 13.7. The summed E-state index contributed by atoms with van der Waals surface area (Å²) in [6.45, 7) is 0. The van der Waals surface area contributed by atoms with Crippen molar-refractivity contribution in [3.8, 4) is 22.6 Å². The molecule has 5 aromatic rings. The monoisotopic (exact) mass is 640 g/mol. The van der Waals surface area contributed by atoms with Crippen molar-refractivity contribution < 1.29 is 27.9 Å². The molecule has 0 heterocycles. The quantitative estimate of drug-likeness (QED) is 0.138. The molecule has 0 saturated heterocycles. The van der Waals surface area contributed by atoms with E-state index in [0.29, 0.717) is 28.4 Å². The van der Waals surface area contributed by atoms with Gasteiger partial charge in [0, 0.05) is 29.0 Å². The first kappa shape index (κ1) is 31.3. The van der Waals surface area contributed by atoms with Crippen molar-refractivity contribution in [3.63, 3.8) is 0 Å². The zero-order chi connectivity index (χ0) is 32.0. The number of hydrogen-bond acceptors (Lipinski definition) is 6. The molecule has 5 rings (SSSR count). The highest BCUT2D eigenvalue weighted by Gasteiger charge is 2.23. The molecule has 1 amide bonds. The zero-order valence-corrected chi connectivity index (χ0v) is 25.7. The lowest BCUT2D eigenvalue weighted by molar-refractivity contribution is -0.139. The molecule has 10 heteroatoms. The summed E-state index contributed by atoms with van der Waals surface area (Å²) in [5, 5.41) is 15.9. The second-order valence-electron chi connectivity index (χ2n) is 10.3. The summed E-state index contributed by atoms with van der Waals surface area (Å²) in [6, 6.07) is 34.0. The number of sulfone groups is 1. The summed E-state index contributed by atoms with van der Waals surface area (Å²) in [6.07, 6.45) is 1.16. The highest BCUT2D eigenvalue weighted by Crippen LogP contribution is 2.33. The maximum atomic E-state index is 13.4. The van der Waals surface area contributed by atoms with E-state index < -0.39 is 27.8 Å². The minimum Gasteiger partial charge on any atom is -0.480 e. The molecule has 1 atom stereocenters. The van der Waals surface area contributed by atoms with Gasteiger partial charge in [-0.3, -0.25) is 4.79 Å². The minimum absolute atomic E-state index is 0.0415. The molecule has 0 aliphatic carbocycles. The number of anilines is 2. The first-order chi connectivity index (χ1) is 21.6. The fraction of sp³-hybridized carbons (Fsp3) is 0.0857. The van der Waals surface area contributed by atoms with Gasteiger partial charge in [0.2, 0.25) is 0 Å². The van der Waals surface area contributed by atoms with Crippen LogP contribution < -0.4 is 15.4 Å². The van der Waals surface area contributed by atoms with Crippen molar-refractivity contribution >= 4 is 44.7 Å². The van der Waals surface area contributed by atoms with Crippen molar-refractivity contribution in [2.24, 2.45) is 0 Å². The zero-order valence-electron chi connectivity index (χ0n) is 24.1. The Morgan fingerprint density at radius 2 is 1.51 bits per heavy atom. The van der Waals surface area contributed by atoms with Gasteiger partial charge in [-0.15, -0.1) is 0 Å². The summed E-state index contributed by atoms with van der Waals surface area (Å²) >= 11 is 6.19. The van der Waals surface area contributed by atoms with E-state index in [4.69, 9.17) is 16.3 Å². The van der Waals surface area contributed by atoms with Crippen LogP contribution in [0.4, 0.5) is 11.4 Å². The van der Waals surface area contributed by atoms with E-state index in [9.17, 15) is 23.1 Å². The van der Waals surface area contributed by atoms with Gasteiger partial charge >= 0.3 is 5.97 Å². The van der Waals surface area contributed by atoms with Gasteiger partial charge in [0.25, 0.3) is 5.91 Å². The van der Waals surface area contributed by atoms with Crippen LogP contribution in [-0.4, -0.2) is 37.7 Å². The molecule has 0 aliphatic heterocycles. The molecule has 0 fully saturated rings. The van der Waals surface area contributed by atoms with E-state index in [-0.39, 0.29) is 21.9 Å². The van der Waals surface area contributed by atoms with Gasteiger partial charge in [-0.2, -0.15) is 0 Å². The Balaban J connectivity index is 1.31. The van der Waals surface area contributed by atoms with Crippen molar-refractivity contribution in [1.82, 2.24) is 5.32 Å². The number of carboxylic acids is 1. The molecule has 0 unspecified atom stereocenters. The number of aliphatic carboxylic acids is 1. The molecule has 8 nitrogen and oxygen atoms in total. The molecule has 0 aliphatic rings. The van der Waals surface area contributed by atoms with Crippen molar-refractivity contribution in [2.75, 3.05) is 11.6 Å². The van der Waals surface area contributed by atoms with Gasteiger partial charge in [0.1, 0.15) is 17.5 Å². The Labute approximate surface area is 266 Å². The SMILES string of the molecule is CS(=O)(=O)c1ccc(Nc2ccc(Cl)cc2C(=O)N[C@@H](Cc2ccc(-c3ccccc3Oc3ccccc3)cc2)C(=O)O)cc1. The lowest BCUT2D eigenvalue weighted by Crippen LogP contribution is -2.42. The van der Waals surface area contributed by atoms with Crippen LogP contribution in [-0.2, 0) is 21.1 Å². The van der Waals surface area contributed by atoms with Gasteiger partial charge in [-0.05, 0) is 71.8 Å². The maximum absolute atomic E-state index is 13.4. The predicted molar refractivity (Wildman–Crippen MR) is 175 cm³/mol. The molecule has 3 N–H and O–H groups in total. The summed E-state index contributed by atoms with van der Waals surface area (Å²) < 4.78 is 29.7. The molecular weight excluding hydrogens is 612 g/mol. The van der Waals surface area contributed by atoms with Gasteiger partial charge in [0.05, 0.1) is 16.1 Å². The maximum Gasteiger partial charge on any atom is 0.326 e. The molecule has 0 bridgehead atoms. The summed E-state index contributed by atoms with van der Waals surface area (Å²) in [7, 11) is -3.37. The average molecular weight is 641 g/mol. The number of carbonyl (C=O) groups excluding carboxylic acids is 1. The highest BCUT2D eigenvalue weighted by atomic mass is 35.5. The number of nitrogens with one attached hydrogen (secondary N) is 2. The molecule has 0 spiro atoms. The molecule has 0 aromatic heterocycles. The topological polar surface area (TPSA) is 122 Å². The van der Waals surface area contributed by atoms with E-state index in [1.54, 1.807) is 24.3 Å². The number of para-hydroxylation sites is 2. The Bertz CT molecular complexity index is 1930. The third-order valence-corrected chi connectivity index (χ3v) is 8.32. The first-order valence-electron chi connectivity index (χ1n) is 13.9. The van der Waals surface area contributed by atoms with Crippen LogP contribution in [0.3, 0.4) is 0 Å². The van der Waals surface area contributed by atoms with Crippen LogP contribution in [0.5, 0.6) is 11.5 Å². The largest absolute Gasteiger partial charge is 0.480 e. The molecule has 0 saturated carbocycles. The van der Waals surface area contributed by atoms with Crippen LogP contribution in [0, 0.1) is 0 Å². The minimum atomic E-state index is -3.37. The third kappa shape index (κ3) is 8.08. The third-order valence-electron chi connectivity index (χ3n) is 6.95. The fourth-order valence-electron chi connectivity index (χ4n) is 4.66. The van der Waals surface area contributed by atoms with Gasteiger partial charge < -0.3 is 20.5 Å². The number of ether oxygens (including phenoxy) is 1. The van der Waals surface area contributed by atoms with E-state index in [0.717, 1.165) is 17.4 Å². The van der Waals surface area contributed by atoms with Crippen LogP contribution in [0.2, 0.25) is 5.02 Å². The summed E-state index contributed by atoms with van der Waals surface area (Å²) in [5.41, 5.74) is 3.51. The number of carboxylic acid groups (broad SMARTS) is 1. The first-order valence-corrected chi connectivity index (χ1v) is 16.2. The molecule has 0 radical (unpaired) electrons. The van der Waals surface area contributed by atoms with Crippen LogP contribution in [0.15, 0.2) is 126 Å². The van der Waals surface area contributed by atoms with Crippen molar-refractivity contribution in [2.45, 2.75) is 17.4 Å². The Hall–Kier alpha value is -5.12. The summed E-state index contributed by atoms with van der Waals surface area (Å²) in [5.74, 6) is -0.431. The molecule has 45 heavy (non-hydrogen) atoms. The van der Waals surface area contributed by atoms with Gasteiger partial charge in [0.15, 0.2) is 9.84 Å². The molecular formula is C35H29ClN2O6S. The van der Waals surface area contributed by atoms with E-state index in [1.165, 1.54) is 18.2 Å². The normalized spacial score (nSPS) is 11.8. The van der Waals surface area contributed by atoms with E-state index in [2.05, 4.69) is 10.6 Å².